The highest BCUT2D eigenvalue weighted by atomic mass is 19.1. The molecule has 3 aromatic rings. The van der Waals surface area contributed by atoms with Crippen molar-refractivity contribution < 1.29 is 28.2 Å². The Hall–Kier alpha value is -3.48. The normalized spacial score (nSPS) is 29.3. The third-order valence-corrected chi connectivity index (χ3v) is 8.47. The molecular formula is C26H25F2N5O5. The van der Waals surface area contributed by atoms with Crippen molar-refractivity contribution >= 4 is 22.8 Å². The largest absolute Gasteiger partial charge is 0.480 e. The van der Waals surface area contributed by atoms with Crippen LogP contribution in [0.5, 0.6) is 5.75 Å². The van der Waals surface area contributed by atoms with Crippen LogP contribution in [0.25, 0.3) is 11.0 Å². The summed E-state index contributed by atoms with van der Waals surface area (Å²) in [5.74, 6) is -1.02. The number of halogens is 2. The smallest absolute Gasteiger partial charge is 0.287 e. The number of amides is 1. The maximum atomic E-state index is 15.0. The van der Waals surface area contributed by atoms with Crippen LogP contribution < -0.4 is 20.9 Å². The number of rotatable bonds is 5. The maximum Gasteiger partial charge on any atom is 0.287 e. The molecule has 12 heteroatoms. The van der Waals surface area contributed by atoms with Crippen molar-refractivity contribution in [3.05, 3.63) is 57.6 Å². The Kier molecular flexibility index (Phi) is 4.98. The van der Waals surface area contributed by atoms with Gasteiger partial charge in [-0.05, 0) is 37.8 Å². The van der Waals surface area contributed by atoms with Gasteiger partial charge in [0.05, 0.1) is 41.7 Å². The molecule has 7 heterocycles. The van der Waals surface area contributed by atoms with Crippen LogP contribution in [0.4, 0.5) is 14.6 Å². The third kappa shape index (κ3) is 3.54. The number of hydrogen-bond donors (Lipinski definition) is 3. The lowest BCUT2D eigenvalue weighted by atomic mass is 9.67. The molecule has 1 atom stereocenters. The van der Waals surface area contributed by atoms with Gasteiger partial charge in [0, 0.05) is 30.1 Å². The lowest BCUT2D eigenvalue weighted by Gasteiger charge is -2.55. The molecule has 198 valence electrons. The van der Waals surface area contributed by atoms with Gasteiger partial charge < -0.3 is 29.8 Å². The molecule has 1 aliphatic carbocycles. The van der Waals surface area contributed by atoms with Crippen molar-refractivity contribution in [2.24, 2.45) is 0 Å². The van der Waals surface area contributed by atoms with Gasteiger partial charge >= 0.3 is 0 Å². The topological polar surface area (TPSA) is 128 Å². The maximum absolute atomic E-state index is 15.0. The average molecular weight is 526 g/mol. The zero-order valence-corrected chi connectivity index (χ0v) is 20.4. The number of pyridine rings is 3. The number of aromatic nitrogens is 3. The Bertz CT molecular complexity index is 1550. The van der Waals surface area contributed by atoms with Gasteiger partial charge in [0.2, 0.25) is 0 Å². The molecule has 0 spiro atoms. The van der Waals surface area contributed by atoms with Gasteiger partial charge in [-0.25, -0.2) is 13.8 Å². The van der Waals surface area contributed by atoms with E-state index in [2.05, 4.69) is 20.6 Å². The average Bonchev–Trinajstić information content (AvgIpc) is 3.22. The van der Waals surface area contributed by atoms with Crippen LogP contribution in [0.15, 0.2) is 29.2 Å². The fourth-order valence-corrected chi connectivity index (χ4v) is 6.50. The lowest BCUT2D eigenvalue weighted by molar-refractivity contribution is -0.192. The Morgan fingerprint density at radius 1 is 1.16 bits per heavy atom. The van der Waals surface area contributed by atoms with Crippen molar-refractivity contribution in [3.63, 3.8) is 0 Å². The molecule has 1 amide bonds. The van der Waals surface area contributed by atoms with E-state index in [0.717, 1.165) is 35.4 Å². The van der Waals surface area contributed by atoms with Crippen LogP contribution in [0.3, 0.4) is 0 Å². The number of hydrogen-bond acceptors (Lipinski definition) is 8. The third-order valence-electron chi connectivity index (χ3n) is 8.47. The summed E-state index contributed by atoms with van der Waals surface area (Å²) in [5, 5.41) is 18.0. The molecule has 2 saturated heterocycles. The van der Waals surface area contributed by atoms with Gasteiger partial charge in [-0.1, -0.05) is 0 Å². The molecule has 4 aliphatic heterocycles. The van der Waals surface area contributed by atoms with Gasteiger partial charge in [0.15, 0.2) is 24.0 Å². The highest BCUT2D eigenvalue weighted by molar-refractivity contribution is 5.94. The summed E-state index contributed by atoms with van der Waals surface area (Å²) in [6.45, 7) is 0.579. The highest BCUT2D eigenvalue weighted by Gasteiger charge is 2.55. The predicted octanol–water partition coefficient (Wildman–Crippen LogP) is 1.86. The minimum atomic E-state index is -1.73. The molecule has 0 radical (unpaired) electrons. The van der Waals surface area contributed by atoms with E-state index in [0.29, 0.717) is 37.6 Å². The van der Waals surface area contributed by atoms with Gasteiger partial charge in [-0.2, -0.15) is 0 Å². The van der Waals surface area contributed by atoms with Crippen molar-refractivity contribution in [2.45, 2.75) is 61.9 Å². The SMILES string of the molecule is O=C1COc2ccc(CNC34CCC(C[C@]5(O)Cn6c(=O)c(F)cc7ncc(F)c5c76)(CC3)OC4)nc2N1. The van der Waals surface area contributed by atoms with E-state index < -0.39 is 28.4 Å². The fraction of sp³-hybridized carbons (Fsp3) is 0.462. The van der Waals surface area contributed by atoms with E-state index in [4.69, 9.17) is 9.47 Å². The summed E-state index contributed by atoms with van der Waals surface area (Å²) in [7, 11) is 0. The number of nitrogens with one attached hydrogen (secondary N) is 2. The second kappa shape index (κ2) is 8.01. The molecule has 0 unspecified atom stereocenters. The van der Waals surface area contributed by atoms with E-state index in [1.807, 2.05) is 6.07 Å². The molecule has 0 aromatic carbocycles. The molecule has 38 heavy (non-hydrogen) atoms. The van der Waals surface area contributed by atoms with Gasteiger partial charge in [-0.3, -0.25) is 14.6 Å². The van der Waals surface area contributed by atoms with E-state index in [-0.39, 0.29) is 47.6 Å². The van der Waals surface area contributed by atoms with Gasteiger partial charge in [0.25, 0.3) is 11.5 Å². The molecule has 2 bridgehead atoms. The van der Waals surface area contributed by atoms with Crippen LogP contribution >= 0.6 is 0 Å². The van der Waals surface area contributed by atoms with E-state index >= 15 is 4.39 Å². The number of ether oxygens (including phenoxy) is 2. The molecule has 10 nitrogen and oxygen atoms in total. The van der Waals surface area contributed by atoms with Crippen LogP contribution in [0, 0.1) is 11.6 Å². The molecular weight excluding hydrogens is 500 g/mol. The zero-order chi connectivity index (χ0) is 26.3. The summed E-state index contributed by atoms with van der Waals surface area (Å²) in [6, 6.07) is 4.61. The summed E-state index contributed by atoms with van der Waals surface area (Å²) in [6.07, 6.45) is 3.83. The first-order valence-corrected chi connectivity index (χ1v) is 12.6. The minimum absolute atomic E-state index is 0.0207. The standard InChI is InChI=1S/C26H25F2N5O5/c27-15-7-17-21-20(16(28)9-29-17)26(36,12-33(21)23(15)35)11-25-5-3-24(4-6-25,13-38-25)30-8-14-1-2-18-22(31-14)32-19(34)10-37-18/h1-2,7,9,30,36H,3-6,8,10-13H2,(H,31,32,34)/t24?,25?,26-/m0/s1. The molecule has 3 N–H and O–H groups in total. The fourth-order valence-electron chi connectivity index (χ4n) is 6.50. The number of anilines is 1. The first-order valence-electron chi connectivity index (χ1n) is 12.6. The van der Waals surface area contributed by atoms with E-state index in [1.165, 1.54) is 0 Å². The number of aliphatic hydroxyl groups is 1. The van der Waals surface area contributed by atoms with Crippen molar-refractivity contribution in [2.75, 3.05) is 18.5 Å². The minimum Gasteiger partial charge on any atom is -0.480 e. The number of fused-ring (bicyclic) bond motifs is 4. The Labute approximate surface area is 215 Å². The summed E-state index contributed by atoms with van der Waals surface area (Å²) in [5.41, 5.74) is -2.62. The van der Waals surface area contributed by atoms with E-state index in [9.17, 15) is 19.1 Å². The molecule has 1 saturated carbocycles. The predicted molar refractivity (Wildman–Crippen MR) is 130 cm³/mol. The molecule has 8 rings (SSSR count). The van der Waals surface area contributed by atoms with Crippen LogP contribution in [0.2, 0.25) is 0 Å². The number of carbonyl (C=O) groups excluding carboxylic acids is 1. The molecule has 3 aromatic heterocycles. The van der Waals surface area contributed by atoms with Crippen LogP contribution in [0.1, 0.15) is 43.4 Å². The quantitative estimate of drug-likeness (QED) is 0.461. The van der Waals surface area contributed by atoms with Crippen molar-refractivity contribution in [1.29, 1.82) is 0 Å². The molecule has 3 fully saturated rings. The van der Waals surface area contributed by atoms with Crippen molar-refractivity contribution in [3.8, 4) is 5.75 Å². The number of nitrogens with zero attached hydrogens (tertiary/aromatic N) is 3. The highest BCUT2D eigenvalue weighted by Crippen LogP contribution is 2.51. The first kappa shape index (κ1) is 23.6. The second-order valence-electron chi connectivity index (χ2n) is 10.9. The van der Waals surface area contributed by atoms with Crippen molar-refractivity contribution in [1.82, 2.24) is 19.9 Å². The van der Waals surface area contributed by atoms with Gasteiger partial charge in [-0.15, -0.1) is 0 Å². The van der Waals surface area contributed by atoms with Gasteiger partial charge in [0.1, 0.15) is 11.4 Å². The molecule has 5 aliphatic rings. The van der Waals surface area contributed by atoms with Crippen LogP contribution in [-0.4, -0.2) is 49.9 Å². The summed E-state index contributed by atoms with van der Waals surface area (Å²) < 4.78 is 42.0. The first-order chi connectivity index (χ1) is 18.2. The summed E-state index contributed by atoms with van der Waals surface area (Å²) >= 11 is 0. The zero-order valence-electron chi connectivity index (χ0n) is 20.4. The monoisotopic (exact) mass is 525 g/mol. The Morgan fingerprint density at radius 3 is 2.74 bits per heavy atom. The Balaban J connectivity index is 1.08. The Morgan fingerprint density at radius 2 is 1.97 bits per heavy atom. The van der Waals surface area contributed by atoms with E-state index in [1.54, 1.807) is 6.07 Å². The second-order valence-corrected chi connectivity index (χ2v) is 10.9. The van der Waals surface area contributed by atoms with Crippen LogP contribution in [-0.2, 0) is 28.2 Å². The number of carbonyl (C=O) groups is 1. The lowest BCUT2D eigenvalue weighted by Crippen LogP contribution is -2.62. The summed E-state index contributed by atoms with van der Waals surface area (Å²) in [4.78, 5) is 32.5.